The highest BCUT2D eigenvalue weighted by Crippen LogP contribution is 2.36. The molecule has 0 unspecified atom stereocenters. The molecule has 0 bridgehead atoms. The van der Waals surface area contributed by atoms with Gasteiger partial charge in [-0.1, -0.05) is 129 Å². The molecular formula is C110H88ClN15O12S. The van der Waals surface area contributed by atoms with Gasteiger partial charge in [0, 0.05) is 88.2 Å². The second kappa shape index (κ2) is 42.0. The van der Waals surface area contributed by atoms with Crippen molar-refractivity contribution in [3.63, 3.8) is 0 Å². The number of likely N-dealkylation sites (tertiary alicyclic amines) is 1. The number of nitrogens with one attached hydrogen (secondary N) is 2. The maximum Gasteiger partial charge on any atom is 0.338 e. The maximum atomic E-state index is 13.7. The van der Waals surface area contributed by atoms with E-state index in [1.807, 2.05) is 201 Å². The smallest absolute Gasteiger partial charge is 0.338 e. The fourth-order valence-electron chi connectivity index (χ4n) is 16.1. The van der Waals surface area contributed by atoms with Gasteiger partial charge in [0.05, 0.1) is 122 Å². The van der Waals surface area contributed by atoms with E-state index in [9.17, 15) is 38.4 Å². The van der Waals surface area contributed by atoms with E-state index in [4.69, 9.17) is 30.5 Å². The van der Waals surface area contributed by atoms with Crippen LogP contribution >= 0.6 is 23.4 Å². The molecule has 139 heavy (non-hydrogen) atoms. The van der Waals surface area contributed by atoms with Gasteiger partial charge in [0.15, 0.2) is 5.78 Å². The topological polar surface area (TPSA) is 292 Å². The number of aryl methyl sites for hydroxylation is 1. The zero-order chi connectivity index (χ0) is 96.7. The first kappa shape index (κ1) is 92.8. The lowest BCUT2D eigenvalue weighted by Gasteiger charge is -2.17. The number of para-hydroxylation sites is 1. The number of hydrogen-bond acceptors (Lipinski definition) is 17. The number of amides is 3. The minimum absolute atomic E-state index is 0.0679. The summed E-state index contributed by atoms with van der Waals surface area (Å²) in [6.45, 7) is 19.0. The highest BCUT2D eigenvalue weighted by Gasteiger charge is 2.32. The molecule has 0 saturated carbocycles. The number of carbonyl (C=O) groups excluding carboxylic acids is 4. The number of ether oxygens (including phenoxy) is 4. The fraction of sp³-hybridized carbons (Fsp3) is 0.0727. The normalized spacial score (nSPS) is 12.0. The van der Waals surface area contributed by atoms with E-state index in [1.165, 1.54) is 18.2 Å². The summed E-state index contributed by atoms with van der Waals surface area (Å²) in [5, 5.41) is 6.10. The SMILES string of the molecule is C=C(C)C(=O)N1CC[C@@H](n2c(=O)n(-c3cccc(Oc4ccccc4)c3)c3cnccc32)C1.C=CC(=O)Cc1cccc(-n2c(=O)n(-c3ccc(Oc4ccc(C)c(Cl)c4)cc3)c3cnccc32)c1.C=CC(=O)Nc1cccc(-n2c(=O)n(-c3ccc(Oc4cccc(OC)c4)cc3)c3cnccc32)c1.C=CC(=O)Nc1cccc(-n2c(=O)n(-c3ccc(Sc4ccccc4)cc3)c3cnccc32)c1. The van der Waals surface area contributed by atoms with Crippen molar-refractivity contribution in [1.82, 2.24) is 61.4 Å². The number of benzene rings is 11. The molecule has 2 N–H and O–H groups in total. The first-order chi connectivity index (χ1) is 67.7. The molecule has 0 spiro atoms. The van der Waals surface area contributed by atoms with Crippen LogP contribution in [0.25, 0.3) is 83.9 Å². The van der Waals surface area contributed by atoms with E-state index >= 15 is 0 Å². The van der Waals surface area contributed by atoms with E-state index in [0.29, 0.717) is 143 Å². The number of ketones is 1. The third-order valence-electron chi connectivity index (χ3n) is 22.6. The molecule has 9 heterocycles. The van der Waals surface area contributed by atoms with E-state index in [1.54, 1.807) is 208 Å². The Morgan fingerprint density at radius 1 is 0.403 bits per heavy atom. The monoisotopic (exact) mass is 1880 g/mol. The number of halogens is 1. The molecule has 20 rings (SSSR count). The Bertz CT molecular complexity index is 8170. The molecule has 8 aromatic heterocycles. The van der Waals surface area contributed by atoms with Crippen LogP contribution in [0.4, 0.5) is 11.4 Å². The molecule has 19 aromatic rings. The van der Waals surface area contributed by atoms with Crippen LogP contribution in [0, 0.1) is 6.92 Å². The van der Waals surface area contributed by atoms with Gasteiger partial charge in [-0.3, -0.25) is 75.7 Å². The molecule has 1 atom stereocenters. The molecule has 688 valence electrons. The number of allylic oxidation sites excluding steroid dienone is 1. The number of rotatable bonds is 25. The van der Waals surface area contributed by atoms with Gasteiger partial charge in [-0.25, -0.2) is 19.2 Å². The average Bonchev–Trinajstić information content (AvgIpc) is 1.61. The van der Waals surface area contributed by atoms with E-state index in [-0.39, 0.29) is 58.7 Å². The van der Waals surface area contributed by atoms with Gasteiger partial charge in [0.1, 0.15) is 40.2 Å². The third-order valence-corrected chi connectivity index (χ3v) is 24.1. The molecule has 1 fully saturated rings. The molecule has 1 aliphatic heterocycles. The molecule has 0 aliphatic carbocycles. The predicted octanol–water partition coefficient (Wildman–Crippen LogP) is 21.1. The summed E-state index contributed by atoms with van der Waals surface area (Å²) in [5.41, 5.74) is 12.8. The summed E-state index contributed by atoms with van der Waals surface area (Å²) in [4.78, 5) is 123. The van der Waals surface area contributed by atoms with Gasteiger partial charge in [-0.15, -0.1) is 0 Å². The number of imidazole rings is 4. The van der Waals surface area contributed by atoms with Crippen LogP contribution in [0.2, 0.25) is 5.02 Å². The molecule has 29 heteroatoms. The Hall–Kier alpha value is -18.0. The molecule has 27 nitrogen and oxygen atoms in total. The third kappa shape index (κ3) is 20.7. The Balaban J connectivity index is 0.000000128. The quantitative estimate of drug-likeness (QED) is 0.0503. The highest BCUT2D eigenvalue weighted by atomic mass is 35.5. The van der Waals surface area contributed by atoms with Crippen molar-refractivity contribution in [1.29, 1.82) is 0 Å². The van der Waals surface area contributed by atoms with Crippen LogP contribution in [0.1, 0.15) is 30.5 Å². The summed E-state index contributed by atoms with van der Waals surface area (Å²) in [7, 11) is 1.60. The highest BCUT2D eigenvalue weighted by molar-refractivity contribution is 7.99. The van der Waals surface area contributed by atoms with Crippen molar-refractivity contribution in [2.45, 2.75) is 42.5 Å². The number of hydrogen-bond donors (Lipinski definition) is 2. The van der Waals surface area contributed by atoms with Crippen LogP contribution in [0.3, 0.4) is 0 Å². The molecule has 1 aliphatic rings. The number of nitrogens with zero attached hydrogens (tertiary/aromatic N) is 13. The standard InChI is InChI=1S/C29H22ClN3O3.C28H22N4O4.C27H20N4O2S.C26H24N4O3/c1-3-23(34)16-20-5-4-6-22(15-20)33-27-13-14-31-18-28(27)32(29(33)35)21-8-11-24(12-9-21)36-25-10-7-19(2)26(30)17-25;1-3-27(33)30-19-6-4-7-21(16-19)32-25-14-15-29-18-26(25)31(28(32)34)20-10-12-22(13-11-20)36-24-9-5-8-23(17-24)35-2;1-2-26(32)29-19-7-6-8-21(17-19)31-24-15-16-28-18-25(24)30(27(31)33)20-11-13-23(14-12-20)34-22-9-4-3-5-10-22;1-18(2)25(31)28-14-12-20(17-28)30-23-11-13-27-16-24(23)29(26(30)32)19-7-6-10-22(15-19)33-21-8-4-3-5-9-21/h3-15,17-18H,1,16H2,2H3;3-18H,1H2,2H3,(H,30,33);2-18H,1H2,(H,29,32);3-11,13,15-16,20H,1,12,14,17H2,2H3/t;;;20-/m...1/s1. The van der Waals surface area contributed by atoms with Gasteiger partial charge in [-0.2, -0.15) is 0 Å². The van der Waals surface area contributed by atoms with Crippen LogP contribution in [0.5, 0.6) is 40.2 Å². The van der Waals surface area contributed by atoms with Gasteiger partial charge in [0.25, 0.3) is 0 Å². The Kier molecular flexibility index (Phi) is 28.1. The van der Waals surface area contributed by atoms with E-state index in [2.05, 4.69) is 69.0 Å². The largest absolute Gasteiger partial charge is 0.497 e. The van der Waals surface area contributed by atoms with E-state index in [0.717, 1.165) is 43.4 Å². The van der Waals surface area contributed by atoms with E-state index < -0.39 is 0 Å². The summed E-state index contributed by atoms with van der Waals surface area (Å²) >= 11 is 7.87. The van der Waals surface area contributed by atoms with Crippen molar-refractivity contribution < 1.29 is 38.1 Å². The molecule has 1 saturated heterocycles. The van der Waals surface area contributed by atoms with Gasteiger partial charge >= 0.3 is 22.8 Å². The predicted molar refractivity (Wildman–Crippen MR) is 543 cm³/mol. The van der Waals surface area contributed by atoms with Crippen molar-refractivity contribution in [2.24, 2.45) is 0 Å². The fourth-order valence-corrected chi connectivity index (χ4v) is 17.1. The first-order valence-electron chi connectivity index (χ1n) is 43.9. The number of carbonyl (C=O) groups is 4. The Morgan fingerprint density at radius 3 is 1.27 bits per heavy atom. The number of anilines is 2. The van der Waals surface area contributed by atoms with Crippen molar-refractivity contribution >= 4 is 102 Å². The van der Waals surface area contributed by atoms with Crippen molar-refractivity contribution in [3.05, 3.63) is 455 Å². The van der Waals surface area contributed by atoms with Gasteiger partial charge < -0.3 is 34.5 Å². The van der Waals surface area contributed by atoms with Crippen LogP contribution < -0.4 is 52.3 Å². The zero-order valence-electron chi connectivity index (χ0n) is 75.4. The van der Waals surface area contributed by atoms with Crippen LogP contribution in [-0.2, 0) is 25.6 Å². The Labute approximate surface area is 805 Å². The van der Waals surface area contributed by atoms with Gasteiger partial charge in [-0.05, 0) is 256 Å². The van der Waals surface area contributed by atoms with Crippen molar-refractivity contribution in [2.75, 3.05) is 30.8 Å². The minimum Gasteiger partial charge on any atom is -0.497 e. The average molecular weight is 1880 g/mol. The molecule has 3 amide bonds. The van der Waals surface area contributed by atoms with Gasteiger partial charge in [0.2, 0.25) is 17.7 Å². The van der Waals surface area contributed by atoms with Crippen molar-refractivity contribution in [3.8, 4) is 80.1 Å². The number of fused-ring (bicyclic) bond motifs is 4. The number of methoxy groups -OCH3 is 1. The first-order valence-corrected chi connectivity index (χ1v) is 45.1. The summed E-state index contributed by atoms with van der Waals surface area (Å²) < 4.78 is 36.2. The number of aromatic nitrogens is 12. The second-order valence-corrected chi connectivity index (χ2v) is 33.4. The summed E-state index contributed by atoms with van der Waals surface area (Å²) in [6.07, 6.45) is 18.0. The maximum absolute atomic E-state index is 13.7. The summed E-state index contributed by atoms with van der Waals surface area (Å²) in [6, 6.07) is 91.0. The summed E-state index contributed by atoms with van der Waals surface area (Å²) in [5.74, 6) is 3.77. The lowest BCUT2D eigenvalue weighted by atomic mass is 10.1. The number of pyridine rings is 4. The minimum atomic E-state index is -0.331. The lowest BCUT2D eigenvalue weighted by molar-refractivity contribution is -0.126. The zero-order valence-corrected chi connectivity index (χ0v) is 76.9. The molecule has 0 radical (unpaired) electrons. The Morgan fingerprint density at radius 2 is 0.791 bits per heavy atom. The second-order valence-electron chi connectivity index (χ2n) is 31.9. The van der Waals surface area contributed by atoms with Crippen LogP contribution in [-0.4, -0.2) is 105 Å². The molecular weight excluding hydrogens is 1790 g/mol. The molecule has 11 aromatic carbocycles. The lowest BCUT2D eigenvalue weighted by Crippen LogP contribution is -2.32. The van der Waals surface area contributed by atoms with Crippen LogP contribution in [0.15, 0.2) is 426 Å².